The fraction of sp³-hybridized carbons (Fsp3) is 0.409. The number of carbonyl (C=O) groups is 1. The van der Waals surface area contributed by atoms with Gasteiger partial charge in [0.2, 0.25) is 5.91 Å². The average Bonchev–Trinajstić information content (AvgIpc) is 2.69. The molecule has 1 saturated heterocycles. The van der Waals surface area contributed by atoms with Crippen molar-refractivity contribution in [3.05, 3.63) is 59.7 Å². The molecule has 1 atom stereocenters. The number of nitrogens with zero attached hydrogens (tertiary/aromatic N) is 2. The summed E-state index contributed by atoms with van der Waals surface area (Å²) in [4.78, 5) is 18.3. The largest absolute Gasteiger partial charge is 0.369 e. The first-order chi connectivity index (χ1) is 13.0. The van der Waals surface area contributed by atoms with Crippen LogP contribution in [0.1, 0.15) is 18.1 Å². The van der Waals surface area contributed by atoms with Crippen molar-refractivity contribution in [3.8, 4) is 0 Å². The number of carbonyl (C=O) groups excluding carboxylic acids is 1. The summed E-state index contributed by atoms with van der Waals surface area (Å²) in [6.45, 7) is 8.94. The van der Waals surface area contributed by atoms with Gasteiger partial charge in [-0.05, 0) is 50.7 Å². The Hall–Kier alpha value is -1.98. The number of hydrogen-bond acceptors (Lipinski definition) is 4. The topological polar surface area (TPSA) is 35.6 Å². The summed E-state index contributed by atoms with van der Waals surface area (Å²) < 4.78 is 0. The van der Waals surface area contributed by atoms with Gasteiger partial charge in [0, 0.05) is 43.3 Å². The zero-order chi connectivity index (χ0) is 19.2. The highest BCUT2D eigenvalue weighted by Gasteiger charge is 2.15. The van der Waals surface area contributed by atoms with Gasteiger partial charge in [0.15, 0.2) is 0 Å². The van der Waals surface area contributed by atoms with Crippen LogP contribution in [-0.4, -0.2) is 49.3 Å². The molecular weight excluding hydrogens is 354 g/mol. The standard InChI is InChI=1S/C22H29N3OS/c1-17-4-10-21(11-5-17)27-18(2)22(26)23-16-19-6-8-20(9-7-19)25-14-12-24(3)13-15-25/h4-11,18H,12-16H2,1-3H3,(H,23,26). The molecule has 5 heteroatoms. The van der Waals surface area contributed by atoms with Crippen LogP contribution in [0.4, 0.5) is 5.69 Å². The smallest absolute Gasteiger partial charge is 0.233 e. The van der Waals surface area contributed by atoms with E-state index in [0.717, 1.165) is 36.6 Å². The molecule has 0 radical (unpaired) electrons. The maximum Gasteiger partial charge on any atom is 0.233 e. The van der Waals surface area contributed by atoms with Crippen LogP contribution < -0.4 is 10.2 Å². The SMILES string of the molecule is Cc1ccc(SC(C)C(=O)NCc2ccc(N3CCN(C)CC3)cc2)cc1. The lowest BCUT2D eigenvalue weighted by Crippen LogP contribution is -2.44. The molecule has 2 aromatic carbocycles. The molecule has 0 saturated carbocycles. The van der Waals surface area contributed by atoms with Crippen LogP contribution in [0.3, 0.4) is 0 Å². The van der Waals surface area contributed by atoms with E-state index in [0.29, 0.717) is 6.54 Å². The van der Waals surface area contributed by atoms with E-state index < -0.39 is 0 Å². The van der Waals surface area contributed by atoms with Crippen LogP contribution in [0.15, 0.2) is 53.4 Å². The Bertz CT molecular complexity index is 737. The molecule has 0 bridgehead atoms. The Kier molecular flexibility index (Phi) is 6.80. The molecule has 1 amide bonds. The maximum atomic E-state index is 12.4. The lowest BCUT2D eigenvalue weighted by atomic mass is 10.1. The molecule has 1 heterocycles. The number of likely N-dealkylation sites (N-methyl/N-ethyl adjacent to an activating group) is 1. The van der Waals surface area contributed by atoms with Gasteiger partial charge >= 0.3 is 0 Å². The summed E-state index contributed by atoms with van der Waals surface area (Å²) in [6, 6.07) is 16.9. The summed E-state index contributed by atoms with van der Waals surface area (Å²) >= 11 is 1.59. The van der Waals surface area contributed by atoms with Gasteiger partial charge in [0.1, 0.15) is 0 Å². The van der Waals surface area contributed by atoms with Crippen LogP contribution in [0.5, 0.6) is 0 Å². The second kappa shape index (κ2) is 9.29. The molecule has 144 valence electrons. The molecule has 0 spiro atoms. The molecule has 0 aliphatic carbocycles. The molecule has 1 N–H and O–H groups in total. The number of piperazine rings is 1. The van der Waals surface area contributed by atoms with Crippen molar-refractivity contribution < 1.29 is 4.79 Å². The number of rotatable bonds is 6. The van der Waals surface area contributed by atoms with Crippen molar-refractivity contribution in [3.63, 3.8) is 0 Å². The lowest BCUT2D eigenvalue weighted by molar-refractivity contribution is -0.120. The first-order valence-electron chi connectivity index (χ1n) is 9.55. The number of benzene rings is 2. The quantitative estimate of drug-likeness (QED) is 0.774. The zero-order valence-corrected chi connectivity index (χ0v) is 17.3. The van der Waals surface area contributed by atoms with Crippen LogP contribution >= 0.6 is 11.8 Å². The fourth-order valence-electron chi connectivity index (χ4n) is 3.10. The van der Waals surface area contributed by atoms with Crippen molar-refractivity contribution in [1.82, 2.24) is 10.2 Å². The van der Waals surface area contributed by atoms with Crippen molar-refractivity contribution in [2.45, 2.75) is 30.5 Å². The Morgan fingerprint density at radius 2 is 1.67 bits per heavy atom. The second-order valence-corrected chi connectivity index (χ2v) is 8.66. The molecule has 1 aliphatic heterocycles. The van der Waals surface area contributed by atoms with Crippen molar-refractivity contribution in [2.75, 3.05) is 38.1 Å². The van der Waals surface area contributed by atoms with Gasteiger partial charge in [-0.1, -0.05) is 29.8 Å². The minimum absolute atomic E-state index is 0.0729. The minimum Gasteiger partial charge on any atom is -0.369 e. The fourth-order valence-corrected chi connectivity index (χ4v) is 3.99. The van der Waals surface area contributed by atoms with E-state index in [1.54, 1.807) is 11.8 Å². The third kappa shape index (κ3) is 5.75. The normalized spacial score (nSPS) is 16.2. The van der Waals surface area contributed by atoms with Crippen molar-refractivity contribution >= 4 is 23.4 Å². The van der Waals surface area contributed by atoms with E-state index >= 15 is 0 Å². The average molecular weight is 384 g/mol. The van der Waals surface area contributed by atoms with Gasteiger partial charge in [-0.25, -0.2) is 0 Å². The summed E-state index contributed by atoms with van der Waals surface area (Å²) in [5.41, 5.74) is 3.63. The number of anilines is 1. The maximum absolute atomic E-state index is 12.4. The molecule has 1 fully saturated rings. The second-order valence-electron chi connectivity index (χ2n) is 7.25. The molecule has 1 unspecified atom stereocenters. The zero-order valence-electron chi connectivity index (χ0n) is 16.4. The highest BCUT2D eigenvalue weighted by Crippen LogP contribution is 2.23. The first kappa shape index (κ1) is 19.8. The predicted molar refractivity (Wildman–Crippen MR) is 114 cm³/mol. The van der Waals surface area contributed by atoms with Gasteiger partial charge in [-0.15, -0.1) is 11.8 Å². The molecular formula is C22H29N3OS. The summed E-state index contributed by atoms with van der Waals surface area (Å²) in [7, 11) is 2.17. The van der Waals surface area contributed by atoms with Crippen molar-refractivity contribution in [1.29, 1.82) is 0 Å². The van der Waals surface area contributed by atoms with E-state index in [2.05, 4.69) is 77.6 Å². The Balaban J connectivity index is 1.47. The number of nitrogens with one attached hydrogen (secondary N) is 1. The van der Waals surface area contributed by atoms with Crippen molar-refractivity contribution in [2.24, 2.45) is 0 Å². The number of aryl methyl sites for hydroxylation is 1. The van der Waals surface area contributed by atoms with Crippen LogP contribution in [0.25, 0.3) is 0 Å². The summed E-state index contributed by atoms with van der Waals surface area (Å²) in [5.74, 6) is 0.0729. The van der Waals surface area contributed by atoms with Crippen LogP contribution in [0, 0.1) is 6.92 Å². The molecule has 4 nitrogen and oxygen atoms in total. The molecule has 27 heavy (non-hydrogen) atoms. The Morgan fingerprint density at radius 1 is 1.04 bits per heavy atom. The van der Waals surface area contributed by atoms with Gasteiger partial charge in [-0.3, -0.25) is 4.79 Å². The number of thioether (sulfide) groups is 1. The third-order valence-electron chi connectivity index (χ3n) is 4.97. The molecule has 2 aromatic rings. The van der Waals surface area contributed by atoms with E-state index in [-0.39, 0.29) is 11.2 Å². The number of amides is 1. The van der Waals surface area contributed by atoms with Gasteiger partial charge in [0.05, 0.1) is 5.25 Å². The van der Waals surface area contributed by atoms with Gasteiger partial charge in [0.25, 0.3) is 0 Å². The first-order valence-corrected chi connectivity index (χ1v) is 10.4. The van der Waals surface area contributed by atoms with Gasteiger partial charge in [-0.2, -0.15) is 0 Å². The highest BCUT2D eigenvalue weighted by atomic mass is 32.2. The summed E-state index contributed by atoms with van der Waals surface area (Å²) in [5, 5.41) is 2.94. The summed E-state index contributed by atoms with van der Waals surface area (Å²) in [6.07, 6.45) is 0. The Morgan fingerprint density at radius 3 is 2.30 bits per heavy atom. The van der Waals surface area contributed by atoms with E-state index in [1.807, 2.05) is 6.92 Å². The van der Waals surface area contributed by atoms with E-state index in [9.17, 15) is 4.79 Å². The molecule has 1 aliphatic rings. The van der Waals surface area contributed by atoms with E-state index in [4.69, 9.17) is 0 Å². The van der Waals surface area contributed by atoms with Crippen LogP contribution in [0.2, 0.25) is 0 Å². The third-order valence-corrected chi connectivity index (χ3v) is 6.09. The van der Waals surface area contributed by atoms with Crippen LogP contribution in [-0.2, 0) is 11.3 Å². The Labute approximate surface area is 166 Å². The molecule has 3 rings (SSSR count). The monoisotopic (exact) mass is 383 g/mol. The van der Waals surface area contributed by atoms with E-state index in [1.165, 1.54) is 11.3 Å². The minimum atomic E-state index is -0.114. The van der Waals surface area contributed by atoms with Gasteiger partial charge < -0.3 is 15.1 Å². The lowest BCUT2D eigenvalue weighted by Gasteiger charge is -2.34. The highest BCUT2D eigenvalue weighted by molar-refractivity contribution is 8.00. The number of hydrogen-bond donors (Lipinski definition) is 1. The predicted octanol–water partition coefficient (Wildman–Crippen LogP) is 3.54. The molecule has 0 aromatic heterocycles.